The van der Waals surface area contributed by atoms with Crippen molar-refractivity contribution in [1.29, 1.82) is 0 Å². The van der Waals surface area contributed by atoms with E-state index in [2.05, 4.69) is 12.2 Å². The molecule has 0 unspecified atom stereocenters. The Morgan fingerprint density at radius 2 is 1.79 bits per heavy atom. The molecule has 100 valence electrons. The van der Waals surface area contributed by atoms with Crippen molar-refractivity contribution < 1.29 is 5.11 Å². The number of hydrogen-bond donors (Lipinski definition) is 2. The summed E-state index contributed by atoms with van der Waals surface area (Å²) in [4.78, 5) is 0. The molecule has 0 fully saturated rings. The lowest BCUT2D eigenvalue weighted by Gasteiger charge is -2.15. The predicted octanol–water partition coefficient (Wildman–Crippen LogP) is 4.55. The van der Waals surface area contributed by atoms with Gasteiger partial charge in [-0.3, -0.25) is 0 Å². The topological polar surface area (TPSA) is 32.3 Å². The molecule has 2 rings (SSSR count). The molecule has 0 aliphatic carbocycles. The third-order valence-corrected chi connectivity index (χ3v) is 3.66. The highest BCUT2D eigenvalue weighted by molar-refractivity contribution is 6.31. The molecule has 0 amide bonds. The van der Waals surface area contributed by atoms with E-state index in [-0.39, 0.29) is 11.8 Å². The summed E-state index contributed by atoms with van der Waals surface area (Å²) >= 11 is 11.9. The van der Waals surface area contributed by atoms with Gasteiger partial charge in [0.2, 0.25) is 0 Å². The Hall–Kier alpha value is -1.22. The number of benzene rings is 2. The molecule has 0 bridgehead atoms. The fourth-order valence-electron chi connectivity index (χ4n) is 1.85. The molecule has 0 saturated carbocycles. The van der Waals surface area contributed by atoms with Crippen molar-refractivity contribution in [2.45, 2.75) is 19.5 Å². The molecule has 1 atom stereocenters. The van der Waals surface area contributed by atoms with Gasteiger partial charge in [0, 0.05) is 28.2 Å². The first-order valence-corrected chi connectivity index (χ1v) is 6.78. The van der Waals surface area contributed by atoms with Gasteiger partial charge in [-0.25, -0.2) is 0 Å². The predicted molar refractivity (Wildman–Crippen MR) is 79.8 cm³/mol. The number of hydrogen-bond acceptors (Lipinski definition) is 2. The Morgan fingerprint density at radius 3 is 2.42 bits per heavy atom. The molecule has 0 radical (unpaired) electrons. The van der Waals surface area contributed by atoms with Crippen LogP contribution in [0.3, 0.4) is 0 Å². The number of rotatable bonds is 4. The van der Waals surface area contributed by atoms with Gasteiger partial charge >= 0.3 is 0 Å². The zero-order chi connectivity index (χ0) is 13.8. The molecule has 0 aliphatic rings. The van der Waals surface area contributed by atoms with Gasteiger partial charge in [0.05, 0.1) is 0 Å². The Morgan fingerprint density at radius 1 is 1.11 bits per heavy atom. The van der Waals surface area contributed by atoms with Gasteiger partial charge in [0.15, 0.2) is 0 Å². The lowest BCUT2D eigenvalue weighted by Crippen LogP contribution is -2.18. The van der Waals surface area contributed by atoms with E-state index in [9.17, 15) is 5.11 Å². The Bertz CT molecular complexity index is 534. The van der Waals surface area contributed by atoms with Crippen LogP contribution in [0, 0.1) is 0 Å². The highest BCUT2D eigenvalue weighted by atomic mass is 35.5. The summed E-state index contributed by atoms with van der Waals surface area (Å²) in [5, 5.41) is 14.4. The first-order valence-electron chi connectivity index (χ1n) is 6.03. The van der Waals surface area contributed by atoms with Crippen LogP contribution in [0.1, 0.15) is 24.1 Å². The minimum absolute atomic E-state index is 0.146. The van der Waals surface area contributed by atoms with Crippen LogP contribution < -0.4 is 5.32 Å². The van der Waals surface area contributed by atoms with Crippen molar-refractivity contribution in [3.8, 4) is 5.75 Å². The second-order valence-electron chi connectivity index (χ2n) is 4.39. The average molecular weight is 296 g/mol. The lowest BCUT2D eigenvalue weighted by atomic mass is 10.1. The molecule has 0 aromatic heterocycles. The molecule has 0 aliphatic heterocycles. The minimum Gasteiger partial charge on any atom is -0.508 e. The molecular formula is C15H15Cl2NO. The molecular weight excluding hydrogens is 281 g/mol. The SMILES string of the molecule is C[C@H](NCc1c(O)cccc1Cl)c1ccc(Cl)cc1. The minimum atomic E-state index is 0.146. The van der Waals surface area contributed by atoms with Crippen LogP contribution in [0.25, 0.3) is 0 Å². The molecule has 2 N–H and O–H groups in total. The molecule has 2 aromatic rings. The van der Waals surface area contributed by atoms with Crippen molar-refractivity contribution in [3.05, 3.63) is 63.6 Å². The van der Waals surface area contributed by atoms with Gasteiger partial charge in [-0.15, -0.1) is 0 Å². The Labute approximate surface area is 123 Å². The van der Waals surface area contributed by atoms with Gasteiger partial charge in [0.1, 0.15) is 5.75 Å². The zero-order valence-electron chi connectivity index (χ0n) is 10.5. The second kappa shape index (κ2) is 6.29. The van der Waals surface area contributed by atoms with E-state index in [1.54, 1.807) is 18.2 Å². The number of phenols is 1. The summed E-state index contributed by atoms with van der Waals surface area (Å²) in [7, 11) is 0. The molecule has 0 spiro atoms. The molecule has 19 heavy (non-hydrogen) atoms. The highest BCUT2D eigenvalue weighted by Crippen LogP contribution is 2.26. The fraction of sp³-hybridized carbons (Fsp3) is 0.200. The highest BCUT2D eigenvalue weighted by Gasteiger charge is 2.09. The smallest absolute Gasteiger partial charge is 0.121 e. The average Bonchev–Trinajstić information content (AvgIpc) is 2.38. The summed E-state index contributed by atoms with van der Waals surface area (Å²) in [5.41, 5.74) is 1.85. The van der Waals surface area contributed by atoms with Gasteiger partial charge in [0.25, 0.3) is 0 Å². The fourth-order valence-corrected chi connectivity index (χ4v) is 2.21. The van der Waals surface area contributed by atoms with Gasteiger partial charge in [-0.05, 0) is 36.8 Å². The second-order valence-corrected chi connectivity index (χ2v) is 5.24. The lowest BCUT2D eigenvalue weighted by molar-refractivity contribution is 0.460. The van der Waals surface area contributed by atoms with Crippen molar-refractivity contribution in [1.82, 2.24) is 5.32 Å². The number of nitrogens with one attached hydrogen (secondary N) is 1. The van der Waals surface area contributed by atoms with E-state index in [0.29, 0.717) is 17.1 Å². The third kappa shape index (κ3) is 3.63. The summed E-state index contributed by atoms with van der Waals surface area (Å²) in [6, 6.07) is 13.0. The summed E-state index contributed by atoms with van der Waals surface area (Å²) < 4.78 is 0. The van der Waals surface area contributed by atoms with Crippen LogP contribution in [0.4, 0.5) is 0 Å². The van der Waals surface area contributed by atoms with Crippen LogP contribution in [0.2, 0.25) is 10.0 Å². The van der Waals surface area contributed by atoms with E-state index in [1.165, 1.54) is 0 Å². The van der Waals surface area contributed by atoms with Crippen molar-refractivity contribution in [3.63, 3.8) is 0 Å². The summed E-state index contributed by atoms with van der Waals surface area (Å²) in [6.45, 7) is 2.56. The Kier molecular flexibility index (Phi) is 4.70. The van der Waals surface area contributed by atoms with Crippen molar-refractivity contribution in [2.24, 2.45) is 0 Å². The van der Waals surface area contributed by atoms with Crippen LogP contribution in [0.5, 0.6) is 5.75 Å². The van der Waals surface area contributed by atoms with Crippen LogP contribution in [-0.2, 0) is 6.54 Å². The largest absolute Gasteiger partial charge is 0.508 e. The summed E-state index contributed by atoms with van der Waals surface area (Å²) in [5.74, 6) is 0.211. The van der Waals surface area contributed by atoms with Crippen molar-refractivity contribution >= 4 is 23.2 Å². The molecule has 4 heteroatoms. The quantitative estimate of drug-likeness (QED) is 0.867. The normalized spacial score (nSPS) is 12.4. The number of halogens is 2. The molecule has 2 nitrogen and oxygen atoms in total. The monoisotopic (exact) mass is 295 g/mol. The van der Waals surface area contributed by atoms with Gasteiger partial charge < -0.3 is 10.4 Å². The number of phenolic OH excluding ortho intramolecular Hbond substituents is 1. The standard InChI is InChI=1S/C15H15Cl2NO/c1-10(11-5-7-12(16)8-6-11)18-9-13-14(17)3-2-4-15(13)19/h2-8,10,18-19H,9H2,1H3/t10-/m0/s1. The van der Waals surface area contributed by atoms with E-state index < -0.39 is 0 Å². The molecule has 0 saturated heterocycles. The van der Waals surface area contributed by atoms with Gasteiger partial charge in [-0.1, -0.05) is 41.4 Å². The van der Waals surface area contributed by atoms with E-state index >= 15 is 0 Å². The van der Waals surface area contributed by atoms with Crippen LogP contribution in [-0.4, -0.2) is 5.11 Å². The molecule has 2 aromatic carbocycles. The van der Waals surface area contributed by atoms with E-state index in [1.807, 2.05) is 24.3 Å². The first-order chi connectivity index (χ1) is 9.08. The third-order valence-electron chi connectivity index (χ3n) is 3.05. The van der Waals surface area contributed by atoms with Crippen LogP contribution in [0.15, 0.2) is 42.5 Å². The Balaban J connectivity index is 2.04. The van der Waals surface area contributed by atoms with E-state index in [4.69, 9.17) is 23.2 Å². The first kappa shape index (κ1) is 14.2. The maximum Gasteiger partial charge on any atom is 0.121 e. The zero-order valence-corrected chi connectivity index (χ0v) is 12.0. The maximum atomic E-state index is 9.77. The number of aromatic hydroxyl groups is 1. The van der Waals surface area contributed by atoms with Crippen LogP contribution >= 0.6 is 23.2 Å². The maximum absolute atomic E-state index is 9.77. The van der Waals surface area contributed by atoms with E-state index in [0.717, 1.165) is 10.6 Å². The summed E-state index contributed by atoms with van der Waals surface area (Å²) in [6.07, 6.45) is 0. The van der Waals surface area contributed by atoms with Gasteiger partial charge in [-0.2, -0.15) is 0 Å². The molecule has 0 heterocycles. The van der Waals surface area contributed by atoms with Crippen molar-refractivity contribution in [2.75, 3.05) is 0 Å².